The summed E-state index contributed by atoms with van der Waals surface area (Å²) < 4.78 is 9.72. The van der Waals surface area contributed by atoms with Gasteiger partial charge in [-0.1, -0.05) is 0 Å². The maximum Gasteiger partial charge on any atom is 0.274 e. The quantitative estimate of drug-likeness (QED) is 0.322. The highest BCUT2D eigenvalue weighted by atomic mass is 16.5. The number of hydrogen-bond acceptors (Lipinski definition) is 7. The van der Waals surface area contributed by atoms with Gasteiger partial charge in [0.25, 0.3) is 5.56 Å². The van der Waals surface area contributed by atoms with Crippen LogP contribution in [0, 0.1) is 5.41 Å². The van der Waals surface area contributed by atoms with Crippen molar-refractivity contribution in [1.82, 2.24) is 19.1 Å². The molecular formula is C29H31N5O4. The predicted octanol–water partition coefficient (Wildman–Crippen LogP) is 4.45. The molecule has 9 nitrogen and oxygen atoms in total. The second-order valence-electron chi connectivity index (χ2n) is 10.8. The zero-order valence-corrected chi connectivity index (χ0v) is 21.6. The number of pyridine rings is 2. The van der Waals surface area contributed by atoms with E-state index in [0.29, 0.717) is 41.3 Å². The summed E-state index contributed by atoms with van der Waals surface area (Å²) in [4.78, 5) is 33.8. The number of carbonyl (C=O) groups excluding carboxylic acids is 1. The largest absolute Gasteiger partial charge is 0.457 e. The highest BCUT2D eigenvalue weighted by molar-refractivity contribution is 5.81. The molecule has 0 radical (unpaired) electrons. The van der Waals surface area contributed by atoms with E-state index in [0.717, 1.165) is 42.3 Å². The number of fused-ring (bicyclic) bond motifs is 1. The van der Waals surface area contributed by atoms with Crippen LogP contribution in [0.5, 0.6) is 11.5 Å². The zero-order chi connectivity index (χ0) is 26.4. The van der Waals surface area contributed by atoms with Gasteiger partial charge in [0, 0.05) is 50.0 Å². The lowest BCUT2D eigenvalue weighted by molar-refractivity contribution is -0.116. The molecule has 0 spiro atoms. The molecule has 3 aromatic heterocycles. The average Bonchev–Trinajstić information content (AvgIpc) is 3.82. The number of benzene rings is 1. The SMILES string of the molecule is CC(=O)Cc1cc(Oc2ccc3nc(Nc4cc(C5CC5)cn(CC5(CO)CC5)c4=O)n(C)c3c2)ccn1. The molecule has 2 aliphatic carbocycles. The molecule has 3 heterocycles. The van der Waals surface area contributed by atoms with Crippen molar-refractivity contribution in [2.75, 3.05) is 11.9 Å². The Morgan fingerprint density at radius 3 is 2.68 bits per heavy atom. The molecule has 0 aliphatic heterocycles. The highest BCUT2D eigenvalue weighted by Crippen LogP contribution is 2.47. The van der Waals surface area contributed by atoms with E-state index < -0.39 is 0 Å². The smallest absolute Gasteiger partial charge is 0.274 e. The van der Waals surface area contributed by atoms with Crippen LogP contribution in [0.4, 0.5) is 11.6 Å². The number of rotatable bonds is 10. The topological polar surface area (TPSA) is 111 Å². The number of carbonyl (C=O) groups is 1. The first-order valence-corrected chi connectivity index (χ1v) is 13.0. The fourth-order valence-corrected chi connectivity index (χ4v) is 4.88. The van der Waals surface area contributed by atoms with Crippen molar-refractivity contribution in [2.24, 2.45) is 12.5 Å². The van der Waals surface area contributed by atoms with Crippen LogP contribution >= 0.6 is 0 Å². The number of ketones is 1. The number of nitrogens with zero attached hydrogens (tertiary/aromatic N) is 4. The van der Waals surface area contributed by atoms with Gasteiger partial charge in [-0.15, -0.1) is 0 Å². The Labute approximate surface area is 220 Å². The van der Waals surface area contributed by atoms with Crippen LogP contribution in [0.3, 0.4) is 0 Å². The van der Waals surface area contributed by atoms with Gasteiger partial charge >= 0.3 is 0 Å². The van der Waals surface area contributed by atoms with Crippen molar-refractivity contribution in [2.45, 2.75) is 51.5 Å². The van der Waals surface area contributed by atoms with E-state index in [4.69, 9.17) is 9.72 Å². The number of Topliss-reactive ketones (excluding diaryl/α,β-unsaturated/α-hetero) is 1. The Morgan fingerprint density at radius 2 is 1.97 bits per heavy atom. The van der Waals surface area contributed by atoms with Crippen LogP contribution in [-0.2, 0) is 24.8 Å². The van der Waals surface area contributed by atoms with Gasteiger partial charge in [-0.25, -0.2) is 4.98 Å². The van der Waals surface area contributed by atoms with Gasteiger partial charge in [-0.05, 0) is 68.4 Å². The van der Waals surface area contributed by atoms with Crippen molar-refractivity contribution in [3.05, 3.63) is 70.4 Å². The number of anilines is 2. The Balaban J connectivity index is 1.28. The summed E-state index contributed by atoms with van der Waals surface area (Å²) in [6.07, 6.45) is 8.01. The lowest BCUT2D eigenvalue weighted by Crippen LogP contribution is -2.28. The van der Waals surface area contributed by atoms with Crippen LogP contribution in [0.15, 0.2) is 53.6 Å². The molecule has 38 heavy (non-hydrogen) atoms. The summed E-state index contributed by atoms with van der Waals surface area (Å²) in [5.41, 5.74) is 3.64. The van der Waals surface area contributed by atoms with Crippen molar-refractivity contribution >= 4 is 28.5 Å². The van der Waals surface area contributed by atoms with Crippen LogP contribution in [0.2, 0.25) is 0 Å². The number of aryl methyl sites for hydroxylation is 1. The van der Waals surface area contributed by atoms with Crippen molar-refractivity contribution < 1.29 is 14.6 Å². The third kappa shape index (κ3) is 4.93. The monoisotopic (exact) mass is 513 g/mol. The fraction of sp³-hybridized carbons (Fsp3) is 0.379. The number of aliphatic hydroxyl groups is 1. The van der Waals surface area contributed by atoms with E-state index in [9.17, 15) is 14.7 Å². The van der Waals surface area contributed by atoms with Gasteiger partial charge in [0.15, 0.2) is 0 Å². The van der Waals surface area contributed by atoms with Gasteiger partial charge in [0.05, 0.1) is 23.3 Å². The summed E-state index contributed by atoms with van der Waals surface area (Å²) >= 11 is 0. The number of nitrogens with one attached hydrogen (secondary N) is 1. The van der Waals surface area contributed by atoms with Crippen LogP contribution in [0.25, 0.3) is 11.0 Å². The molecule has 0 saturated heterocycles. The van der Waals surface area contributed by atoms with Crippen molar-refractivity contribution in [1.29, 1.82) is 0 Å². The average molecular weight is 514 g/mol. The molecule has 9 heteroatoms. The minimum Gasteiger partial charge on any atom is -0.457 e. The van der Waals surface area contributed by atoms with Gasteiger partial charge in [-0.2, -0.15) is 0 Å². The van der Waals surface area contributed by atoms with E-state index in [2.05, 4.69) is 10.3 Å². The Hall–Kier alpha value is -3.98. The molecule has 196 valence electrons. The Bertz CT molecular complexity index is 1600. The first-order valence-electron chi connectivity index (χ1n) is 13.0. The van der Waals surface area contributed by atoms with Gasteiger partial charge < -0.3 is 24.3 Å². The predicted molar refractivity (Wildman–Crippen MR) is 144 cm³/mol. The maximum atomic E-state index is 13.4. The van der Waals surface area contributed by atoms with E-state index in [-0.39, 0.29) is 29.8 Å². The number of aromatic nitrogens is 4. The second-order valence-corrected chi connectivity index (χ2v) is 10.8. The minimum absolute atomic E-state index is 0.0425. The molecule has 2 aliphatic rings. The first kappa shape index (κ1) is 24.4. The molecule has 0 amide bonds. The van der Waals surface area contributed by atoms with Crippen LogP contribution in [0.1, 0.15) is 49.8 Å². The summed E-state index contributed by atoms with van der Waals surface area (Å²) in [6.45, 7) is 2.17. The molecular weight excluding hydrogens is 482 g/mol. The number of ether oxygens (including phenoxy) is 1. The van der Waals surface area contributed by atoms with Crippen molar-refractivity contribution in [3.8, 4) is 11.5 Å². The fourth-order valence-electron chi connectivity index (χ4n) is 4.88. The summed E-state index contributed by atoms with van der Waals surface area (Å²) in [5.74, 6) is 2.32. The molecule has 1 aromatic carbocycles. The molecule has 2 N–H and O–H groups in total. The van der Waals surface area contributed by atoms with Crippen molar-refractivity contribution in [3.63, 3.8) is 0 Å². The van der Waals surface area contributed by atoms with E-state index >= 15 is 0 Å². The van der Waals surface area contributed by atoms with Gasteiger partial charge in [0.2, 0.25) is 5.95 Å². The third-order valence-electron chi connectivity index (χ3n) is 7.51. The standard InChI is InChI=1S/C29H31N5O4/c1-18(36)11-21-13-23(7-10-30-21)38-22-5-6-24-26(14-22)33(2)28(31-24)32-25-12-20(19-3-4-19)15-34(27(25)37)16-29(17-35)8-9-29/h5-7,10,12-15,19,35H,3-4,8-9,11,16-17H2,1-2H3,(H,31,32). The Kier molecular flexibility index (Phi) is 6.03. The van der Waals surface area contributed by atoms with Crippen LogP contribution in [-0.4, -0.2) is 36.6 Å². The van der Waals surface area contributed by atoms with Gasteiger partial charge in [0.1, 0.15) is 23.0 Å². The number of imidazole rings is 1. The minimum atomic E-state index is -0.167. The number of aliphatic hydroxyl groups excluding tert-OH is 1. The van der Waals surface area contributed by atoms with E-state index in [1.54, 1.807) is 22.9 Å². The first-order chi connectivity index (χ1) is 18.3. The van der Waals surface area contributed by atoms with Crippen LogP contribution < -0.4 is 15.6 Å². The highest BCUT2D eigenvalue weighted by Gasteiger charge is 2.42. The maximum absolute atomic E-state index is 13.4. The Morgan fingerprint density at radius 1 is 1.18 bits per heavy atom. The van der Waals surface area contributed by atoms with E-state index in [1.165, 1.54) is 6.92 Å². The summed E-state index contributed by atoms with van der Waals surface area (Å²) in [5, 5.41) is 13.1. The zero-order valence-electron chi connectivity index (χ0n) is 21.6. The lowest BCUT2D eigenvalue weighted by Gasteiger charge is -2.17. The molecule has 0 atom stereocenters. The number of hydrogen-bond donors (Lipinski definition) is 2. The normalized spacial score (nSPS) is 16.0. The molecule has 2 saturated carbocycles. The summed E-state index contributed by atoms with van der Waals surface area (Å²) in [6, 6.07) is 11.1. The van der Waals surface area contributed by atoms with Gasteiger partial charge in [-0.3, -0.25) is 14.6 Å². The molecule has 4 aromatic rings. The summed E-state index contributed by atoms with van der Waals surface area (Å²) in [7, 11) is 1.90. The lowest BCUT2D eigenvalue weighted by atomic mass is 10.1. The second kappa shape index (κ2) is 9.40. The van der Waals surface area contributed by atoms with E-state index in [1.807, 2.05) is 42.1 Å². The molecule has 6 rings (SSSR count). The molecule has 2 fully saturated rings. The molecule has 0 unspecified atom stereocenters. The third-order valence-corrected chi connectivity index (χ3v) is 7.51. The molecule has 0 bridgehead atoms.